The zero-order valence-corrected chi connectivity index (χ0v) is 18.5. The smallest absolute Gasteiger partial charge is 0.240 e. The summed E-state index contributed by atoms with van der Waals surface area (Å²) in [5, 5.41) is 6.09. The molecule has 0 bridgehead atoms. The summed E-state index contributed by atoms with van der Waals surface area (Å²) in [6, 6.07) is 9.97. The Bertz CT molecular complexity index is 1340. The summed E-state index contributed by atoms with van der Waals surface area (Å²) in [6.07, 6.45) is 3.60. The van der Waals surface area contributed by atoms with Crippen molar-refractivity contribution in [2.75, 3.05) is 5.32 Å². The van der Waals surface area contributed by atoms with Crippen molar-refractivity contribution in [3.05, 3.63) is 59.7 Å². The second-order valence-corrected chi connectivity index (χ2v) is 9.86. The van der Waals surface area contributed by atoms with Crippen molar-refractivity contribution in [2.24, 2.45) is 0 Å². The molecule has 0 saturated carbocycles. The quantitative estimate of drug-likeness (QED) is 0.394. The molecule has 4 aromatic rings. The maximum absolute atomic E-state index is 12.5. The first-order valence-corrected chi connectivity index (χ1v) is 12.0. The summed E-state index contributed by atoms with van der Waals surface area (Å²) < 4.78 is 27.2. The average molecular weight is 456 g/mol. The standard InChI is InChI=1S/C21H21N5O3S2/c1-13(2)26-31(28,29)15-6-3-5-14(9-15)10-19(27)25-21-24-18(12-30-21)17-11-23-20-16(17)7-4-8-22-20/h3-9,11-13,26H,10H2,1-2H3,(H,22,23)(H,24,25,27). The fourth-order valence-corrected chi connectivity index (χ4v) is 5.22. The minimum absolute atomic E-state index is 0.0386. The maximum Gasteiger partial charge on any atom is 0.240 e. The molecule has 0 aliphatic heterocycles. The van der Waals surface area contributed by atoms with Crippen LogP contribution in [0.2, 0.25) is 0 Å². The van der Waals surface area contributed by atoms with Gasteiger partial charge in [0.25, 0.3) is 0 Å². The molecule has 0 radical (unpaired) electrons. The van der Waals surface area contributed by atoms with E-state index in [0.717, 1.165) is 22.3 Å². The van der Waals surface area contributed by atoms with Crippen molar-refractivity contribution < 1.29 is 13.2 Å². The van der Waals surface area contributed by atoms with Crippen LogP contribution in [-0.2, 0) is 21.2 Å². The Hall–Kier alpha value is -3.08. The number of aromatic nitrogens is 3. The van der Waals surface area contributed by atoms with E-state index in [1.54, 1.807) is 32.2 Å². The van der Waals surface area contributed by atoms with Crippen LogP contribution in [-0.4, -0.2) is 35.3 Å². The maximum atomic E-state index is 12.5. The van der Waals surface area contributed by atoms with Crippen molar-refractivity contribution in [1.29, 1.82) is 0 Å². The van der Waals surface area contributed by atoms with Crippen molar-refractivity contribution >= 4 is 43.4 Å². The van der Waals surface area contributed by atoms with Crippen LogP contribution in [0.5, 0.6) is 0 Å². The van der Waals surface area contributed by atoms with Crippen LogP contribution < -0.4 is 10.0 Å². The van der Waals surface area contributed by atoms with Crippen LogP contribution in [0.3, 0.4) is 0 Å². The molecule has 10 heteroatoms. The summed E-state index contributed by atoms with van der Waals surface area (Å²) in [4.78, 5) is 24.5. The number of aromatic amines is 1. The second-order valence-electron chi connectivity index (χ2n) is 7.29. The fourth-order valence-electron chi connectivity index (χ4n) is 3.17. The number of pyridine rings is 1. The van der Waals surface area contributed by atoms with Gasteiger partial charge >= 0.3 is 0 Å². The van der Waals surface area contributed by atoms with Gasteiger partial charge in [-0.3, -0.25) is 4.79 Å². The van der Waals surface area contributed by atoms with E-state index in [0.29, 0.717) is 10.7 Å². The van der Waals surface area contributed by atoms with Gasteiger partial charge in [-0.15, -0.1) is 11.3 Å². The minimum Gasteiger partial charge on any atom is -0.345 e. The summed E-state index contributed by atoms with van der Waals surface area (Å²) in [7, 11) is -3.62. The highest BCUT2D eigenvalue weighted by Gasteiger charge is 2.17. The van der Waals surface area contributed by atoms with Gasteiger partial charge in [-0.1, -0.05) is 12.1 Å². The third-order valence-corrected chi connectivity index (χ3v) is 6.86. The second kappa shape index (κ2) is 8.58. The number of H-pyrrole nitrogens is 1. The van der Waals surface area contributed by atoms with Crippen molar-refractivity contribution in [3.8, 4) is 11.3 Å². The first-order chi connectivity index (χ1) is 14.8. The summed E-state index contributed by atoms with van der Waals surface area (Å²) >= 11 is 1.33. The fraction of sp³-hybridized carbons (Fsp3) is 0.190. The van der Waals surface area contributed by atoms with Gasteiger partial charge in [0.05, 0.1) is 17.0 Å². The van der Waals surface area contributed by atoms with Gasteiger partial charge in [0.15, 0.2) is 5.13 Å². The molecule has 0 spiro atoms. The van der Waals surface area contributed by atoms with E-state index in [9.17, 15) is 13.2 Å². The molecule has 31 heavy (non-hydrogen) atoms. The Kier molecular flexibility index (Phi) is 5.86. The van der Waals surface area contributed by atoms with Gasteiger partial charge in [-0.2, -0.15) is 0 Å². The Morgan fingerprint density at radius 2 is 2.06 bits per heavy atom. The lowest BCUT2D eigenvalue weighted by Crippen LogP contribution is -2.30. The predicted octanol–water partition coefficient (Wildman–Crippen LogP) is 3.55. The van der Waals surface area contributed by atoms with E-state index in [4.69, 9.17) is 0 Å². The van der Waals surface area contributed by atoms with Crippen LogP contribution >= 0.6 is 11.3 Å². The van der Waals surface area contributed by atoms with Gasteiger partial charge in [-0.05, 0) is 43.7 Å². The zero-order valence-electron chi connectivity index (χ0n) is 16.9. The highest BCUT2D eigenvalue weighted by molar-refractivity contribution is 7.89. The van der Waals surface area contributed by atoms with Crippen LogP contribution in [0, 0.1) is 0 Å². The molecule has 3 N–H and O–H groups in total. The molecule has 8 nitrogen and oxygen atoms in total. The van der Waals surface area contributed by atoms with Gasteiger partial charge in [0, 0.05) is 34.8 Å². The number of thiazole rings is 1. The largest absolute Gasteiger partial charge is 0.345 e. The third-order valence-electron chi connectivity index (χ3n) is 4.44. The van der Waals surface area contributed by atoms with Gasteiger partial charge in [0.2, 0.25) is 15.9 Å². The molecule has 3 heterocycles. The van der Waals surface area contributed by atoms with E-state index in [1.807, 2.05) is 23.7 Å². The zero-order chi connectivity index (χ0) is 22.0. The van der Waals surface area contributed by atoms with Gasteiger partial charge in [-0.25, -0.2) is 23.1 Å². The molecular weight excluding hydrogens is 434 g/mol. The number of fused-ring (bicyclic) bond motifs is 1. The average Bonchev–Trinajstić information content (AvgIpc) is 3.33. The van der Waals surface area contributed by atoms with Crippen LogP contribution in [0.25, 0.3) is 22.3 Å². The number of rotatable bonds is 7. The number of nitrogens with zero attached hydrogens (tertiary/aromatic N) is 2. The topological polar surface area (TPSA) is 117 Å². The van der Waals surface area contributed by atoms with E-state index >= 15 is 0 Å². The molecule has 0 saturated heterocycles. The van der Waals surface area contributed by atoms with Crippen LogP contribution in [0.4, 0.5) is 5.13 Å². The monoisotopic (exact) mass is 455 g/mol. The molecule has 0 atom stereocenters. The number of benzene rings is 1. The Morgan fingerprint density at radius 3 is 2.87 bits per heavy atom. The highest BCUT2D eigenvalue weighted by Crippen LogP contribution is 2.30. The SMILES string of the molecule is CC(C)NS(=O)(=O)c1cccc(CC(=O)Nc2nc(-c3c[nH]c4ncccc34)cs2)c1. The molecule has 3 aromatic heterocycles. The van der Waals surface area contributed by atoms with Crippen LogP contribution in [0.1, 0.15) is 19.4 Å². The van der Waals surface area contributed by atoms with E-state index in [1.165, 1.54) is 23.5 Å². The number of amides is 1. The summed E-state index contributed by atoms with van der Waals surface area (Å²) in [5.74, 6) is -0.270. The number of carbonyl (C=O) groups excluding carboxylic acids is 1. The summed E-state index contributed by atoms with van der Waals surface area (Å²) in [5.41, 5.74) is 3.03. The lowest BCUT2D eigenvalue weighted by atomic mass is 10.1. The Labute approximate surface area is 183 Å². The molecule has 1 aromatic carbocycles. The number of nitrogens with one attached hydrogen (secondary N) is 3. The molecule has 0 unspecified atom stereocenters. The molecule has 4 rings (SSSR count). The molecule has 0 fully saturated rings. The number of carbonyl (C=O) groups is 1. The van der Waals surface area contributed by atoms with Crippen molar-refractivity contribution in [3.63, 3.8) is 0 Å². The number of sulfonamides is 1. The first-order valence-electron chi connectivity index (χ1n) is 9.61. The molecule has 0 aliphatic carbocycles. The van der Waals surface area contributed by atoms with Gasteiger partial charge in [0.1, 0.15) is 5.65 Å². The molecular formula is C21H21N5O3S2. The van der Waals surface area contributed by atoms with Crippen molar-refractivity contribution in [2.45, 2.75) is 31.2 Å². The predicted molar refractivity (Wildman–Crippen MR) is 121 cm³/mol. The van der Waals surface area contributed by atoms with E-state index in [2.05, 4.69) is 25.0 Å². The highest BCUT2D eigenvalue weighted by atomic mass is 32.2. The van der Waals surface area contributed by atoms with E-state index < -0.39 is 10.0 Å². The van der Waals surface area contributed by atoms with E-state index in [-0.39, 0.29) is 23.3 Å². The normalized spacial score (nSPS) is 11.8. The van der Waals surface area contributed by atoms with Crippen LogP contribution in [0.15, 0.2) is 59.1 Å². The molecule has 1 amide bonds. The summed E-state index contributed by atoms with van der Waals surface area (Å²) in [6.45, 7) is 3.51. The van der Waals surface area contributed by atoms with Crippen molar-refractivity contribution in [1.82, 2.24) is 19.7 Å². The minimum atomic E-state index is -3.62. The number of anilines is 1. The Morgan fingerprint density at radius 1 is 1.23 bits per heavy atom. The number of hydrogen-bond acceptors (Lipinski definition) is 6. The van der Waals surface area contributed by atoms with Gasteiger partial charge < -0.3 is 10.3 Å². The first kappa shape index (κ1) is 21.2. The molecule has 0 aliphatic rings. The molecule has 160 valence electrons. The lowest BCUT2D eigenvalue weighted by Gasteiger charge is -2.10. The number of hydrogen-bond donors (Lipinski definition) is 3. The third kappa shape index (κ3) is 4.82. The lowest BCUT2D eigenvalue weighted by molar-refractivity contribution is -0.115. The Balaban J connectivity index is 1.46.